The number of urea groups is 1. The Hall–Kier alpha value is -3.46. The summed E-state index contributed by atoms with van der Waals surface area (Å²) in [6.07, 6.45) is 8.16. The van der Waals surface area contributed by atoms with E-state index in [9.17, 15) is 18.8 Å². The third kappa shape index (κ3) is 8.05. The van der Waals surface area contributed by atoms with E-state index in [1.165, 1.54) is 12.1 Å². The molecule has 0 unspecified atom stereocenters. The Morgan fingerprint density at radius 1 is 0.861 bits per heavy atom. The van der Waals surface area contributed by atoms with Crippen LogP contribution in [0.15, 0.2) is 48.5 Å². The van der Waals surface area contributed by atoms with Gasteiger partial charge < -0.3 is 16.0 Å². The molecule has 0 heterocycles. The largest absolute Gasteiger partial charge is 0.352 e. The lowest BCUT2D eigenvalue weighted by Crippen LogP contribution is -2.48. The molecule has 5 N–H and O–H groups in total. The zero-order chi connectivity index (χ0) is 25.8. The smallest absolute Gasteiger partial charge is 0.319 e. The average Bonchev–Trinajstić information content (AvgIpc) is 2.89. The maximum atomic E-state index is 13.4. The zero-order valence-electron chi connectivity index (χ0n) is 20.4. The molecule has 8 nitrogen and oxygen atoms in total. The molecule has 2 aromatic rings. The van der Waals surface area contributed by atoms with Crippen molar-refractivity contribution in [3.05, 3.63) is 65.5 Å². The quantitative estimate of drug-likeness (QED) is 0.170. The number of carbonyl (C=O) groups excluding carboxylic acids is 3. The highest BCUT2D eigenvalue weighted by molar-refractivity contribution is 5.95. The highest BCUT2D eigenvalue weighted by atomic mass is 19.1. The number of hydrogen-bond donors (Lipinski definition) is 5. The van der Waals surface area contributed by atoms with Gasteiger partial charge in [0.25, 0.3) is 5.91 Å². The van der Waals surface area contributed by atoms with E-state index in [1.54, 1.807) is 41.9 Å². The summed E-state index contributed by atoms with van der Waals surface area (Å²) in [5, 5.41) is 17.3. The highest BCUT2D eigenvalue weighted by Crippen LogP contribution is 2.37. The topological polar surface area (TPSA) is 120 Å². The molecule has 3 rings (SSSR count). The van der Waals surface area contributed by atoms with Crippen LogP contribution in [0.5, 0.6) is 0 Å². The summed E-state index contributed by atoms with van der Waals surface area (Å²) in [5.74, 6) is -0.883. The molecule has 1 fully saturated rings. The molecule has 0 spiro atoms. The van der Waals surface area contributed by atoms with Gasteiger partial charge in [0.1, 0.15) is 5.82 Å². The summed E-state index contributed by atoms with van der Waals surface area (Å²) in [6, 6.07) is 12.7. The standard InChI is InChI=1S/C27H35FN4O4/c28-22-13-11-21(12-14-22)27(17-5-3-6-18-27)31-26(35)30-23-15-9-20(10-16-23)25(34)29-19-7-2-1-4-8-24(33)32-36/h9-16,36H,1-8,17-19H2,(H,29,34)(H,32,33)(H2,30,31,35). The number of halogens is 1. The van der Waals surface area contributed by atoms with E-state index in [0.717, 1.165) is 56.9 Å². The summed E-state index contributed by atoms with van der Waals surface area (Å²) in [5.41, 5.74) is 3.05. The number of nitrogens with one attached hydrogen (secondary N) is 4. The Morgan fingerprint density at radius 2 is 1.53 bits per heavy atom. The van der Waals surface area contributed by atoms with Crippen molar-refractivity contribution in [2.24, 2.45) is 0 Å². The van der Waals surface area contributed by atoms with Gasteiger partial charge in [-0.05, 0) is 67.6 Å². The Morgan fingerprint density at radius 3 is 2.19 bits per heavy atom. The zero-order valence-corrected chi connectivity index (χ0v) is 20.4. The minimum atomic E-state index is -0.527. The van der Waals surface area contributed by atoms with Crippen LogP contribution in [-0.4, -0.2) is 29.6 Å². The van der Waals surface area contributed by atoms with Gasteiger partial charge in [-0.3, -0.25) is 14.8 Å². The molecule has 0 radical (unpaired) electrons. The van der Waals surface area contributed by atoms with Crippen molar-refractivity contribution < 1.29 is 24.0 Å². The average molecular weight is 499 g/mol. The Kier molecular flexibility index (Phi) is 10.2. The number of rotatable bonds is 11. The molecule has 0 aliphatic heterocycles. The molecule has 194 valence electrons. The maximum Gasteiger partial charge on any atom is 0.319 e. The first-order valence-corrected chi connectivity index (χ1v) is 12.6. The van der Waals surface area contributed by atoms with Crippen molar-refractivity contribution in [2.75, 3.05) is 11.9 Å². The van der Waals surface area contributed by atoms with Gasteiger partial charge in [-0.15, -0.1) is 0 Å². The van der Waals surface area contributed by atoms with Crippen LogP contribution in [0.3, 0.4) is 0 Å². The first-order valence-electron chi connectivity index (χ1n) is 12.6. The molecular formula is C27H35FN4O4. The van der Waals surface area contributed by atoms with Gasteiger partial charge >= 0.3 is 6.03 Å². The van der Waals surface area contributed by atoms with Gasteiger partial charge in [-0.1, -0.05) is 44.2 Å². The lowest BCUT2D eigenvalue weighted by molar-refractivity contribution is -0.129. The molecule has 1 saturated carbocycles. The molecule has 0 aromatic heterocycles. The van der Waals surface area contributed by atoms with Crippen molar-refractivity contribution in [1.29, 1.82) is 0 Å². The molecule has 0 atom stereocenters. The van der Waals surface area contributed by atoms with Gasteiger partial charge in [-0.2, -0.15) is 0 Å². The number of anilines is 1. The fraction of sp³-hybridized carbons (Fsp3) is 0.444. The van der Waals surface area contributed by atoms with Crippen LogP contribution in [0, 0.1) is 5.82 Å². The van der Waals surface area contributed by atoms with E-state index in [4.69, 9.17) is 5.21 Å². The van der Waals surface area contributed by atoms with E-state index in [0.29, 0.717) is 24.2 Å². The van der Waals surface area contributed by atoms with Crippen molar-refractivity contribution in [1.82, 2.24) is 16.1 Å². The van der Waals surface area contributed by atoms with Crippen LogP contribution in [-0.2, 0) is 10.3 Å². The summed E-state index contributed by atoms with van der Waals surface area (Å²) in [6.45, 7) is 0.527. The second kappa shape index (κ2) is 13.6. The second-order valence-corrected chi connectivity index (χ2v) is 9.26. The number of carbonyl (C=O) groups is 3. The molecule has 2 aromatic carbocycles. The molecule has 0 bridgehead atoms. The van der Waals surface area contributed by atoms with Crippen LogP contribution < -0.4 is 21.4 Å². The molecule has 36 heavy (non-hydrogen) atoms. The monoisotopic (exact) mass is 498 g/mol. The molecule has 0 saturated heterocycles. The third-order valence-corrected chi connectivity index (χ3v) is 6.60. The van der Waals surface area contributed by atoms with E-state index >= 15 is 0 Å². The van der Waals surface area contributed by atoms with Crippen LogP contribution >= 0.6 is 0 Å². The molecular weight excluding hydrogens is 463 g/mol. The highest BCUT2D eigenvalue weighted by Gasteiger charge is 2.35. The van der Waals surface area contributed by atoms with Crippen molar-refractivity contribution in [3.8, 4) is 0 Å². The Labute approximate surface area is 211 Å². The SMILES string of the molecule is O=C(CCCCCCNC(=O)c1ccc(NC(=O)NC2(c3ccc(F)cc3)CCCCC2)cc1)NO. The maximum absolute atomic E-state index is 13.4. The van der Waals surface area contributed by atoms with E-state index in [-0.39, 0.29) is 30.1 Å². The minimum Gasteiger partial charge on any atom is -0.352 e. The number of hydroxylamine groups is 1. The predicted octanol–water partition coefficient (Wildman–Crippen LogP) is 4.99. The number of benzene rings is 2. The Balaban J connectivity index is 1.46. The number of unbranched alkanes of at least 4 members (excludes halogenated alkanes) is 3. The normalized spacial score (nSPS) is 14.5. The van der Waals surface area contributed by atoms with Gasteiger partial charge in [0.15, 0.2) is 0 Å². The van der Waals surface area contributed by atoms with Crippen molar-refractivity contribution in [2.45, 2.75) is 69.7 Å². The summed E-state index contributed by atoms with van der Waals surface area (Å²) >= 11 is 0. The lowest BCUT2D eigenvalue weighted by atomic mass is 9.76. The van der Waals surface area contributed by atoms with Crippen LogP contribution in [0.25, 0.3) is 0 Å². The predicted molar refractivity (Wildman–Crippen MR) is 135 cm³/mol. The minimum absolute atomic E-state index is 0.192. The van der Waals surface area contributed by atoms with Crippen molar-refractivity contribution in [3.63, 3.8) is 0 Å². The first-order chi connectivity index (χ1) is 17.4. The summed E-state index contributed by atoms with van der Waals surface area (Å²) in [7, 11) is 0. The summed E-state index contributed by atoms with van der Waals surface area (Å²) in [4.78, 5) is 36.1. The first kappa shape index (κ1) is 27.1. The molecule has 4 amide bonds. The van der Waals surface area contributed by atoms with Crippen LogP contribution in [0.4, 0.5) is 14.9 Å². The molecule has 1 aliphatic rings. The Bertz CT molecular complexity index is 1010. The van der Waals surface area contributed by atoms with Gasteiger partial charge in [0, 0.05) is 24.2 Å². The molecule has 9 heteroatoms. The number of hydrogen-bond acceptors (Lipinski definition) is 4. The third-order valence-electron chi connectivity index (χ3n) is 6.60. The van der Waals surface area contributed by atoms with E-state index in [2.05, 4.69) is 16.0 Å². The van der Waals surface area contributed by atoms with Crippen LogP contribution in [0.1, 0.15) is 80.1 Å². The fourth-order valence-electron chi connectivity index (χ4n) is 4.62. The van der Waals surface area contributed by atoms with E-state index in [1.807, 2.05) is 0 Å². The fourth-order valence-corrected chi connectivity index (χ4v) is 4.62. The molecule has 1 aliphatic carbocycles. The number of amides is 4. The van der Waals surface area contributed by atoms with Gasteiger partial charge in [0.05, 0.1) is 5.54 Å². The van der Waals surface area contributed by atoms with Gasteiger partial charge in [0.2, 0.25) is 5.91 Å². The lowest BCUT2D eigenvalue weighted by Gasteiger charge is -2.38. The van der Waals surface area contributed by atoms with Gasteiger partial charge in [-0.25, -0.2) is 14.7 Å². The summed E-state index contributed by atoms with van der Waals surface area (Å²) < 4.78 is 13.4. The second-order valence-electron chi connectivity index (χ2n) is 9.26. The van der Waals surface area contributed by atoms with E-state index < -0.39 is 5.54 Å². The van der Waals surface area contributed by atoms with Crippen LogP contribution in [0.2, 0.25) is 0 Å². The van der Waals surface area contributed by atoms with Crippen molar-refractivity contribution >= 4 is 23.5 Å².